The molecular weight excluding hydrogens is 318 g/mol. The lowest BCUT2D eigenvalue weighted by atomic mass is 9.94. The molecule has 1 amide bonds. The van der Waals surface area contributed by atoms with Gasteiger partial charge in [-0.1, -0.05) is 15.9 Å². The molecule has 0 spiro atoms. The van der Waals surface area contributed by atoms with Gasteiger partial charge in [0.05, 0.1) is 5.69 Å². The van der Waals surface area contributed by atoms with E-state index in [1.807, 2.05) is 38.7 Å². The second kappa shape index (κ2) is 5.40. The van der Waals surface area contributed by atoms with E-state index in [4.69, 9.17) is 4.74 Å². The number of ether oxygens (including phenoxy) is 1. The quantitative estimate of drug-likeness (QED) is 0.677. The normalized spacial score (nSPS) is 18.7. The van der Waals surface area contributed by atoms with Crippen molar-refractivity contribution in [3.05, 3.63) is 27.7 Å². The van der Waals surface area contributed by atoms with E-state index < -0.39 is 5.60 Å². The summed E-state index contributed by atoms with van der Waals surface area (Å²) in [4.78, 5) is 14.3. The number of anilines is 1. The second-order valence-electron chi connectivity index (χ2n) is 6.47. The predicted molar refractivity (Wildman–Crippen MR) is 85.4 cm³/mol. The molecule has 1 aromatic rings. The van der Waals surface area contributed by atoms with Crippen molar-refractivity contribution in [2.45, 2.75) is 59.1 Å². The van der Waals surface area contributed by atoms with Gasteiger partial charge in [0, 0.05) is 10.5 Å². The maximum absolute atomic E-state index is 12.5. The first-order valence-electron chi connectivity index (χ1n) is 7.00. The highest BCUT2D eigenvalue weighted by Crippen LogP contribution is 2.36. The molecule has 2 rings (SSSR count). The van der Waals surface area contributed by atoms with Crippen LogP contribution < -0.4 is 4.90 Å². The average Bonchev–Trinajstić information content (AvgIpc) is 2.27. The summed E-state index contributed by atoms with van der Waals surface area (Å²) in [5.41, 5.74) is 2.85. The predicted octanol–water partition coefficient (Wildman–Crippen LogP) is 4.83. The summed E-state index contributed by atoms with van der Waals surface area (Å²) in [6, 6.07) is 4.32. The zero-order valence-corrected chi connectivity index (χ0v) is 14.4. The van der Waals surface area contributed by atoms with Gasteiger partial charge in [-0.25, -0.2) is 4.79 Å². The zero-order chi connectivity index (χ0) is 15.1. The van der Waals surface area contributed by atoms with Crippen LogP contribution in [0.3, 0.4) is 0 Å². The molecule has 0 aromatic heterocycles. The Morgan fingerprint density at radius 2 is 2.05 bits per heavy atom. The SMILES string of the molecule is Cc1cc(Br)cc2c1N(C(=O)OC(C)(C)C)[C@H](C)CC2. The molecule has 0 saturated heterocycles. The molecule has 0 unspecified atom stereocenters. The summed E-state index contributed by atoms with van der Waals surface area (Å²) >= 11 is 3.53. The minimum atomic E-state index is -0.475. The minimum absolute atomic E-state index is 0.164. The number of rotatable bonds is 0. The lowest BCUT2D eigenvalue weighted by Gasteiger charge is -2.37. The Kier molecular flexibility index (Phi) is 4.14. The Morgan fingerprint density at radius 1 is 1.40 bits per heavy atom. The molecule has 0 aliphatic carbocycles. The van der Waals surface area contributed by atoms with E-state index >= 15 is 0 Å². The summed E-state index contributed by atoms with van der Waals surface area (Å²) in [5.74, 6) is 0. The van der Waals surface area contributed by atoms with E-state index in [1.54, 1.807) is 0 Å². The van der Waals surface area contributed by atoms with Crippen molar-refractivity contribution in [1.29, 1.82) is 0 Å². The largest absolute Gasteiger partial charge is 0.443 e. The highest BCUT2D eigenvalue weighted by atomic mass is 79.9. The van der Waals surface area contributed by atoms with Gasteiger partial charge in [-0.05, 0) is 70.7 Å². The molecule has 1 aromatic carbocycles. The molecule has 0 radical (unpaired) electrons. The van der Waals surface area contributed by atoms with E-state index in [9.17, 15) is 4.79 Å². The number of hydrogen-bond donors (Lipinski definition) is 0. The number of aryl methyl sites for hydroxylation is 2. The van der Waals surface area contributed by atoms with Crippen LogP contribution in [0, 0.1) is 6.92 Å². The molecule has 0 bridgehead atoms. The number of amides is 1. The minimum Gasteiger partial charge on any atom is -0.443 e. The standard InChI is InChI=1S/C16H22BrNO2/c1-10-8-13(17)9-12-7-6-11(2)18(14(10)12)15(19)20-16(3,4)5/h8-9,11H,6-7H2,1-5H3/t11-/m1/s1. The Hall–Kier alpha value is -1.03. The summed E-state index contributed by atoms with van der Waals surface area (Å²) in [7, 11) is 0. The molecule has 20 heavy (non-hydrogen) atoms. The highest BCUT2D eigenvalue weighted by Gasteiger charge is 2.32. The van der Waals surface area contributed by atoms with Crippen LogP contribution in [0.2, 0.25) is 0 Å². The Balaban J connectivity index is 2.42. The second-order valence-corrected chi connectivity index (χ2v) is 7.38. The molecule has 1 heterocycles. The zero-order valence-electron chi connectivity index (χ0n) is 12.8. The van der Waals surface area contributed by atoms with Crippen molar-refractivity contribution in [3.8, 4) is 0 Å². The van der Waals surface area contributed by atoms with Gasteiger partial charge in [0.2, 0.25) is 0 Å². The van der Waals surface area contributed by atoms with Crippen LogP contribution in [-0.2, 0) is 11.2 Å². The van der Waals surface area contributed by atoms with Gasteiger partial charge in [0.15, 0.2) is 0 Å². The van der Waals surface area contributed by atoms with Gasteiger partial charge in [0.25, 0.3) is 0 Å². The number of carbonyl (C=O) groups is 1. The Labute approximate surface area is 129 Å². The average molecular weight is 340 g/mol. The van der Waals surface area contributed by atoms with Crippen LogP contribution >= 0.6 is 15.9 Å². The van der Waals surface area contributed by atoms with E-state index in [1.165, 1.54) is 5.56 Å². The molecule has 1 aliphatic rings. The van der Waals surface area contributed by atoms with Gasteiger partial charge in [-0.15, -0.1) is 0 Å². The molecule has 0 saturated carbocycles. The first-order chi connectivity index (χ1) is 9.19. The fourth-order valence-electron chi connectivity index (χ4n) is 2.64. The first-order valence-corrected chi connectivity index (χ1v) is 7.79. The summed E-state index contributed by atoms with van der Waals surface area (Å²) in [6.07, 6.45) is 1.70. The molecule has 1 aliphatic heterocycles. The number of fused-ring (bicyclic) bond motifs is 1. The molecular formula is C16H22BrNO2. The van der Waals surface area contributed by atoms with E-state index in [0.29, 0.717) is 0 Å². The van der Waals surface area contributed by atoms with E-state index in [0.717, 1.165) is 28.6 Å². The fourth-order valence-corrected chi connectivity index (χ4v) is 3.26. The highest BCUT2D eigenvalue weighted by molar-refractivity contribution is 9.10. The molecule has 0 fully saturated rings. The van der Waals surface area contributed by atoms with E-state index in [2.05, 4.69) is 28.9 Å². The third kappa shape index (κ3) is 3.17. The number of benzene rings is 1. The fraction of sp³-hybridized carbons (Fsp3) is 0.562. The van der Waals surface area contributed by atoms with Gasteiger partial charge < -0.3 is 4.74 Å². The molecule has 110 valence electrons. The van der Waals surface area contributed by atoms with Gasteiger partial charge in [-0.3, -0.25) is 4.90 Å². The monoisotopic (exact) mass is 339 g/mol. The third-order valence-electron chi connectivity index (χ3n) is 3.45. The molecule has 3 nitrogen and oxygen atoms in total. The van der Waals surface area contributed by atoms with Crippen LogP contribution in [0.5, 0.6) is 0 Å². The molecule has 4 heteroatoms. The smallest absolute Gasteiger partial charge is 0.415 e. The number of carbonyl (C=O) groups excluding carboxylic acids is 1. The third-order valence-corrected chi connectivity index (χ3v) is 3.91. The van der Waals surface area contributed by atoms with Crippen molar-refractivity contribution in [2.75, 3.05) is 4.90 Å². The van der Waals surface area contributed by atoms with Crippen molar-refractivity contribution in [1.82, 2.24) is 0 Å². The van der Waals surface area contributed by atoms with Crippen LogP contribution in [-0.4, -0.2) is 17.7 Å². The number of nitrogens with zero attached hydrogens (tertiary/aromatic N) is 1. The maximum Gasteiger partial charge on any atom is 0.415 e. The molecule has 1 atom stereocenters. The molecule has 0 N–H and O–H groups in total. The Morgan fingerprint density at radius 3 is 2.65 bits per heavy atom. The summed E-state index contributed by atoms with van der Waals surface area (Å²) in [6.45, 7) is 9.81. The maximum atomic E-state index is 12.5. The van der Waals surface area contributed by atoms with Gasteiger partial charge in [-0.2, -0.15) is 0 Å². The first kappa shape index (κ1) is 15.4. The van der Waals surface area contributed by atoms with Crippen LogP contribution in [0.15, 0.2) is 16.6 Å². The van der Waals surface area contributed by atoms with E-state index in [-0.39, 0.29) is 12.1 Å². The van der Waals surface area contributed by atoms with Crippen LogP contribution in [0.1, 0.15) is 45.2 Å². The number of hydrogen-bond acceptors (Lipinski definition) is 2. The topological polar surface area (TPSA) is 29.5 Å². The van der Waals surface area contributed by atoms with Crippen molar-refractivity contribution >= 4 is 27.7 Å². The van der Waals surface area contributed by atoms with Crippen LogP contribution in [0.25, 0.3) is 0 Å². The Bertz CT molecular complexity index is 534. The van der Waals surface area contributed by atoms with Crippen molar-refractivity contribution in [3.63, 3.8) is 0 Å². The summed E-state index contributed by atoms with van der Waals surface area (Å²) < 4.78 is 6.63. The van der Waals surface area contributed by atoms with Gasteiger partial charge in [0.1, 0.15) is 5.60 Å². The lowest BCUT2D eigenvalue weighted by Crippen LogP contribution is -2.45. The van der Waals surface area contributed by atoms with Crippen LogP contribution in [0.4, 0.5) is 10.5 Å². The van der Waals surface area contributed by atoms with Crippen molar-refractivity contribution < 1.29 is 9.53 Å². The van der Waals surface area contributed by atoms with Gasteiger partial charge >= 0.3 is 6.09 Å². The lowest BCUT2D eigenvalue weighted by molar-refractivity contribution is 0.0563. The summed E-state index contributed by atoms with van der Waals surface area (Å²) in [5, 5.41) is 0. The van der Waals surface area contributed by atoms with Crippen molar-refractivity contribution in [2.24, 2.45) is 0 Å². The number of halogens is 1.